The molecule has 3 heterocycles. The summed E-state index contributed by atoms with van der Waals surface area (Å²) in [7, 11) is 0. The lowest BCUT2D eigenvalue weighted by Gasteiger charge is -2.15. The summed E-state index contributed by atoms with van der Waals surface area (Å²) in [5.74, 6) is -0.215. The molecule has 1 fully saturated rings. The van der Waals surface area contributed by atoms with Gasteiger partial charge in [-0.2, -0.15) is 0 Å². The fourth-order valence-corrected chi connectivity index (χ4v) is 5.29. The Labute approximate surface area is 200 Å². The van der Waals surface area contributed by atoms with Crippen molar-refractivity contribution in [2.24, 2.45) is 0 Å². The average molecular weight is 482 g/mol. The van der Waals surface area contributed by atoms with Crippen molar-refractivity contribution in [2.75, 3.05) is 18.4 Å². The predicted octanol–water partition coefficient (Wildman–Crippen LogP) is 7.12. The van der Waals surface area contributed by atoms with E-state index in [1.807, 2.05) is 42.6 Å². The van der Waals surface area contributed by atoms with Gasteiger partial charge >= 0.3 is 0 Å². The SMILES string of the molecule is O=C(Nc1cc2ncc(CN3CCCC3)cc2cc1Cl)c1ccc(-c2ccc(Cl)s2)cc1. The molecule has 2 aromatic carbocycles. The second-order valence-corrected chi connectivity index (χ2v) is 10.1. The van der Waals surface area contributed by atoms with E-state index in [1.54, 1.807) is 12.1 Å². The number of hydrogen-bond donors (Lipinski definition) is 1. The molecule has 0 radical (unpaired) electrons. The molecule has 32 heavy (non-hydrogen) atoms. The normalized spacial score (nSPS) is 14.2. The second kappa shape index (κ2) is 9.20. The molecule has 1 N–H and O–H groups in total. The molecule has 1 aliphatic heterocycles. The molecule has 0 unspecified atom stereocenters. The number of thiophene rings is 1. The summed E-state index contributed by atoms with van der Waals surface area (Å²) < 4.78 is 0.740. The highest BCUT2D eigenvalue weighted by atomic mass is 35.5. The number of benzene rings is 2. The minimum atomic E-state index is -0.215. The third kappa shape index (κ3) is 4.66. The molecule has 4 aromatic rings. The molecule has 2 aromatic heterocycles. The van der Waals surface area contributed by atoms with Crippen LogP contribution in [0.3, 0.4) is 0 Å². The molecule has 0 atom stereocenters. The van der Waals surface area contributed by atoms with Crippen molar-refractivity contribution in [1.29, 1.82) is 0 Å². The Bertz CT molecular complexity index is 1280. The van der Waals surface area contributed by atoms with Crippen molar-refractivity contribution < 1.29 is 4.79 Å². The maximum Gasteiger partial charge on any atom is 0.255 e. The number of nitrogens with zero attached hydrogens (tertiary/aromatic N) is 2. The van der Waals surface area contributed by atoms with E-state index in [-0.39, 0.29) is 5.91 Å². The monoisotopic (exact) mass is 481 g/mol. The molecular weight excluding hydrogens is 461 g/mol. The van der Waals surface area contributed by atoms with Gasteiger partial charge in [-0.25, -0.2) is 0 Å². The van der Waals surface area contributed by atoms with E-state index in [1.165, 1.54) is 29.7 Å². The molecule has 0 bridgehead atoms. The van der Waals surface area contributed by atoms with E-state index in [2.05, 4.69) is 21.3 Å². The molecule has 0 saturated carbocycles. The summed E-state index contributed by atoms with van der Waals surface area (Å²) in [5.41, 5.74) is 4.12. The van der Waals surface area contributed by atoms with Gasteiger partial charge in [0, 0.05) is 28.6 Å². The Morgan fingerprint density at radius 3 is 2.53 bits per heavy atom. The van der Waals surface area contributed by atoms with Crippen LogP contribution in [0.15, 0.2) is 60.8 Å². The number of anilines is 1. The zero-order valence-corrected chi connectivity index (χ0v) is 19.6. The average Bonchev–Trinajstić information content (AvgIpc) is 3.46. The molecule has 5 rings (SSSR count). The fourth-order valence-electron chi connectivity index (χ4n) is 4.03. The molecule has 0 aliphatic carbocycles. The van der Waals surface area contributed by atoms with Gasteiger partial charge in [0.1, 0.15) is 0 Å². The Morgan fingerprint density at radius 2 is 1.81 bits per heavy atom. The number of halogens is 2. The minimum absolute atomic E-state index is 0.215. The summed E-state index contributed by atoms with van der Waals surface area (Å²) in [4.78, 5) is 20.9. The Hall–Kier alpha value is -2.44. The van der Waals surface area contributed by atoms with E-state index in [0.717, 1.165) is 45.3 Å². The van der Waals surface area contributed by atoms with Gasteiger partial charge in [-0.3, -0.25) is 14.7 Å². The van der Waals surface area contributed by atoms with Crippen LogP contribution in [-0.4, -0.2) is 28.9 Å². The quantitative estimate of drug-likeness (QED) is 0.330. The van der Waals surface area contributed by atoms with Crippen LogP contribution in [-0.2, 0) is 6.54 Å². The predicted molar refractivity (Wildman–Crippen MR) is 134 cm³/mol. The highest BCUT2D eigenvalue weighted by Gasteiger charge is 2.14. The lowest BCUT2D eigenvalue weighted by atomic mass is 10.1. The number of carbonyl (C=O) groups is 1. The lowest BCUT2D eigenvalue weighted by Crippen LogP contribution is -2.18. The Balaban J connectivity index is 1.32. The molecule has 1 amide bonds. The summed E-state index contributed by atoms with van der Waals surface area (Å²) in [6.07, 6.45) is 4.44. The van der Waals surface area contributed by atoms with Crippen LogP contribution in [0.25, 0.3) is 21.3 Å². The van der Waals surface area contributed by atoms with Crippen molar-refractivity contribution in [3.63, 3.8) is 0 Å². The van der Waals surface area contributed by atoms with Crippen LogP contribution in [0.4, 0.5) is 5.69 Å². The van der Waals surface area contributed by atoms with Crippen LogP contribution >= 0.6 is 34.5 Å². The van der Waals surface area contributed by atoms with Gasteiger partial charge in [-0.05, 0) is 79.5 Å². The van der Waals surface area contributed by atoms with Crippen molar-refractivity contribution in [1.82, 2.24) is 9.88 Å². The van der Waals surface area contributed by atoms with Gasteiger partial charge in [0.2, 0.25) is 0 Å². The number of hydrogen-bond acceptors (Lipinski definition) is 4. The van der Waals surface area contributed by atoms with Crippen LogP contribution in [0, 0.1) is 0 Å². The van der Waals surface area contributed by atoms with Crippen LogP contribution in [0.1, 0.15) is 28.8 Å². The van der Waals surface area contributed by atoms with E-state index < -0.39 is 0 Å². The fraction of sp³-hybridized carbons (Fsp3) is 0.200. The first-order chi connectivity index (χ1) is 15.5. The van der Waals surface area contributed by atoms with E-state index >= 15 is 0 Å². The van der Waals surface area contributed by atoms with E-state index in [0.29, 0.717) is 16.3 Å². The molecule has 1 saturated heterocycles. The Morgan fingerprint density at radius 1 is 1.03 bits per heavy atom. The second-order valence-electron chi connectivity index (χ2n) is 7.99. The van der Waals surface area contributed by atoms with Crippen molar-refractivity contribution in [2.45, 2.75) is 19.4 Å². The van der Waals surface area contributed by atoms with Crippen LogP contribution in [0.2, 0.25) is 9.36 Å². The number of carbonyl (C=O) groups excluding carboxylic acids is 1. The first-order valence-corrected chi connectivity index (χ1v) is 12.1. The molecule has 1 aliphatic rings. The number of nitrogens with one attached hydrogen (secondary N) is 1. The van der Waals surface area contributed by atoms with Crippen molar-refractivity contribution in [3.8, 4) is 10.4 Å². The number of pyridine rings is 1. The maximum absolute atomic E-state index is 12.8. The summed E-state index contributed by atoms with van der Waals surface area (Å²) in [5, 5.41) is 4.39. The minimum Gasteiger partial charge on any atom is -0.321 e. The number of fused-ring (bicyclic) bond motifs is 1. The number of aromatic nitrogens is 1. The Kier molecular flexibility index (Phi) is 6.15. The number of rotatable bonds is 5. The van der Waals surface area contributed by atoms with Crippen LogP contribution < -0.4 is 5.32 Å². The van der Waals surface area contributed by atoms with Gasteiger partial charge < -0.3 is 5.32 Å². The number of amides is 1. The highest BCUT2D eigenvalue weighted by Crippen LogP contribution is 2.32. The van der Waals surface area contributed by atoms with Gasteiger partial charge in [0.25, 0.3) is 5.91 Å². The van der Waals surface area contributed by atoms with E-state index in [4.69, 9.17) is 23.2 Å². The zero-order chi connectivity index (χ0) is 22.1. The van der Waals surface area contributed by atoms with Gasteiger partial charge in [-0.15, -0.1) is 11.3 Å². The summed E-state index contributed by atoms with van der Waals surface area (Å²) in [6, 6.07) is 17.1. The summed E-state index contributed by atoms with van der Waals surface area (Å²) >= 11 is 14.0. The largest absolute Gasteiger partial charge is 0.321 e. The van der Waals surface area contributed by atoms with Crippen LogP contribution in [0.5, 0.6) is 0 Å². The molecular formula is C25H21Cl2N3OS. The summed E-state index contributed by atoms with van der Waals surface area (Å²) in [6.45, 7) is 3.20. The van der Waals surface area contributed by atoms with Crippen molar-refractivity contribution >= 4 is 57.0 Å². The third-order valence-electron chi connectivity index (χ3n) is 5.68. The molecule has 7 heteroatoms. The van der Waals surface area contributed by atoms with Gasteiger partial charge in [0.05, 0.1) is 20.6 Å². The smallest absolute Gasteiger partial charge is 0.255 e. The number of likely N-dealkylation sites (tertiary alicyclic amines) is 1. The zero-order valence-electron chi connectivity index (χ0n) is 17.3. The first kappa shape index (κ1) is 21.4. The highest BCUT2D eigenvalue weighted by molar-refractivity contribution is 7.19. The van der Waals surface area contributed by atoms with Crippen molar-refractivity contribution in [3.05, 3.63) is 81.3 Å². The standard InChI is InChI=1S/C25H21Cl2N3OS/c26-20-12-19-11-16(15-30-9-1-2-10-30)14-28-21(19)13-22(20)29-25(31)18-5-3-17(4-6-18)23-7-8-24(27)32-23/h3-8,11-14H,1-2,9-10,15H2,(H,29,31). The topological polar surface area (TPSA) is 45.2 Å². The third-order valence-corrected chi connectivity index (χ3v) is 7.28. The first-order valence-electron chi connectivity index (χ1n) is 10.5. The molecule has 0 spiro atoms. The lowest BCUT2D eigenvalue weighted by molar-refractivity contribution is 0.102. The van der Waals surface area contributed by atoms with E-state index in [9.17, 15) is 4.79 Å². The maximum atomic E-state index is 12.8. The van der Waals surface area contributed by atoms with Gasteiger partial charge in [0.15, 0.2) is 0 Å². The molecule has 162 valence electrons. The molecule has 4 nitrogen and oxygen atoms in total. The van der Waals surface area contributed by atoms with Gasteiger partial charge in [-0.1, -0.05) is 35.3 Å².